The number of aryl methyl sites for hydroxylation is 1. The molecule has 1 heterocycles. The molecule has 0 aromatic heterocycles. The molecule has 0 spiro atoms. The number of hydrogen-bond acceptors (Lipinski definition) is 1. The molecule has 1 unspecified atom stereocenters. The predicted octanol–water partition coefficient (Wildman–Crippen LogP) is 4.23. The molecular formula is C16H16FN. The van der Waals surface area contributed by atoms with E-state index in [1.807, 2.05) is 19.1 Å². The second-order valence-corrected chi connectivity index (χ2v) is 4.85. The van der Waals surface area contributed by atoms with Crippen LogP contribution in [-0.2, 0) is 6.42 Å². The molecule has 2 aromatic rings. The predicted molar refractivity (Wildman–Crippen MR) is 72.3 cm³/mol. The molecule has 0 fully saturated rings. The number of fused-ring (bicyclic) bond motifs is 1. The Labute approximate surface area is 107 Å². The summed E-state index contributed by atoms with van der Waals surface area (Å²) in [6.07, 6.45) is 2.06. The molecule has 0 saturated carbocycles. The van der Waals surface area contributed by atoms with E-state index < -0.39 is 0 Å². The number of para-hydroxylation sites is 1. The number of nitrogens with one attached hydrogen (secondary N) is 1. The number of anilines is 1. The first-order valence-corrected chi connectivity index (χ1v) is 6.35. The van der Waals surface area contributed by atoms with Gasteiger partial charge >= 0.3 is 0 Å². The monoisotopic (exact) mass is 241 g/mol. The van der Waals surface area contributed by atoms with E-state index in [2.05, 4.69) is 23.5 Å². The molecule has 2 heteroatoms. The minimum atomic E-state index is -0.117. The average molecular weight is 241 g/mol. The molecular weight excluding hydrogens is 225 g/mol. The van der Waals surface area contributed by atoms with E-state index in [1.165, 1.54) is 17.3 Å². The van der Waals surface area contributed by atoms with Crippen molar-refractivity contribution in [1.82, 2.24) is 0 Å². The van der Waals surface area contributed by atoms with Gasteiger partial charge in [-0.2, -0.15) is 0 Å². The van der Waals surface area contributed by atoms with Gasteiger partial charge in [-0.05, 0) is 48.6 Å². The zero-order valence-electron chi connectivity index (χ0n) is 10.4. The first-order valence-electron chi connectivity index (χ1n) is 6.35. The standard InChI is InChI=1S/C16H16FN/c1-11-13(6-4-7-14(11)17)16-10-9-12-5-2-3-8-15(12)18-16/h2-8,16,18H,9-10H2,1H3. The Morgan fingerprint density at radius 2 is 1.94 bits per heavy atom. The molecule has 0 saturated heterocycles. The normalized spacial score (nSPS) is 18.0. The number of benzene rings is 2. The molecule has 1 nitrogen and oxygen atoms in total. The Morgan fingerprint density at radius 3 is 2.83 bits per heavy atom. The lowest BCUT2D eigenvalue weighted by Crippen LogP contribution is -2.19. The van der Waals surface area contributed by atoms with E-state index in [1.54, 1.807) is 6.07 Å². The summed E-state index contributed by atoms with van der Waals surface area (Å²) in [5.41, 5.74) is 4.36. The van der Waals surface area contributed by atoms with Crippen molar-refractivity contribution in [3.8, 4) is 0 Å². The Bertz CT molecular complexity index is 577. The third-order valence-electron chi connectivity index (χ3n) is 3.73. The average Bonchev–Trinajstić information content (AvgIpc) is 2.41. The van der Waals surface area contributed by atoms with Crippen LogP contribution in [0.3, 0.4) is 0 Å². The largest absolute Gasteiger partial charge is 0.378 e. The van der Waals surface area contributed by atoms with Crippen LogP contribution < -0.4 is 5.32 Å². The van der Waals surface area contributed by atoms with Crippen LogP contribution in [0.15, 0.2) is 42.5 Å². The van der Waals surface area contributed by atoms with E-state index in [0.29, 0.717) is 0 Å². The quantitative estimate of drug-likeness (QED) is 0.787. The van der Waals surface area contributed by atoms with Crippen molar-refractivity contribution >= 4 is 5.69 Å². The van der Waals surface area contributed by atoms with Gasteiger partial charge in [-0.3, -0.25) is 0 Å². The van der Waals surface area contributed by atoms with Crippen LogP contribution in [0, 0.1) is 12.7 Å². The fraction of sp³-hybridized carbons (Fsp3) is 0.250. The van der Waals surface area contributed by atoms with Crippen molar-refractivity contribution in [1.29, 1.82) is 0 Å². The maximum absolute atomic E-state index is 13.6. The Kier molecular flexibility index (Phi) is 2.78. The van der Waals surface area contributed by atoms with Crippen molar-refractivity contribution in [3.63, 3.8) is 0 Å². The molecule has 18 heavy (non-hydrogen) atoms. The van der Waals surface area contributed by atoms with Crippen LogP contribution in [0.1, 0.15) is 29.2 Å². The van der Waals surface area contributed by atoms with E-state index in [0.717, 1.165) is 24.0 Å². The van der Waals surface area contributed by atoms with Gasteiger partial charge in [-0.1, -0.05) is 30.3 Å². The van der Waals surface area contributed by atoms with E-state index in [4.69, 9.17) is 0 Å². The van der Waals surface area contributed by atoms with Crippen LogP contribution in [-0.4, -0.2) is 0 Å². The summed E-state index contributed by atoms with van der Waals surface area (Å²) in [6, 6.07) is 13.9. The summed E-state index contributed by atoms with van der Waals surface area (Å²) in [7, 11) is 0. The third-order valence-corrected chi connectivity index (χ3v) is 3.73. The van der Waals surface area contributed by atoms with Crippen LogP contribution in [0.5, 0.6) is 0 Å². The van der Waals surface area contributed by atoms with E-state index >= 15 is 0 Å². The highest BCUT2D eigenvalue weighted by molar-refractivity contribution is 5.55. The zero-order valence-corrected chi connectivity index (χ0v) is 10.4. The molecule has 0 radical (unpaired) electrons. The molecule has 0 aliphatic carbocycles. The van der Waals surface area contributed by atoms with Crippen LogP contribution >= 0.6 is 0 Å². The van der Waals surface area contributed by atoms with Gasteiger partial charge in [0.1, 0.15) is 5.82 Å². The van der Waals surface area contributed by atoms with Gasteiger partial charge in [0.25, 0.3) is 0 Å². The molecule has 1 aliphatic rings. The van der Waals surface area contributed by atoms with Crippen LogP contribution in [0.25, 0.3) is 0 Å². The van der Waals surface area contributed by atoms with Crippen molar-refractivity contribution in [3.05, 3.63) is 65.0 Å². The number of halogens is 1. The van der Waals surface area contributed by atoms with Crippen molar-refractivity contribution in [2.24, 2.45) is 0 Å². The molecule has 92 valence electrons. The molecule has 1 N–H and O–H groups in total. The van der Waals surface area contributed by atoms with Crippen molar-refractivity contribution in [2.75, 3.05) is 5.32 Å². The van der Waals surface area contributed by atoms with Crippen molar-refractivity contribution < 1.29 is 4.39 Å². The van der Waals surface area contributed by atoms with E-state index in [9.17, 15) is 4.39 Å². The Hall–Kier alpha value is -1.83. The maximum Gasteiger partial charge on any atom is 0.126 e. The topological polar surface area (TPSA) is 12.0 Å². The fourth-order valence-corrected chi connectivity index (χ4v) is 2.67. The maximum atomic E-state index is 13.6. The summed E-state index contributed by atoms with van der Waals surface area (Å²) < 4.78 is 13.6. The summed E-state index contributed by atoms with van der Waals surface area (Å²) in [5.74, 6) is -0.117. The zero-order chi connectivity index (χ0) is 12.5. The minimum absolute atomic E-state index is 0.117. The van der Waals surface area contributed by atoms with Crippen LogP contribution in [0.2, 0.25) is 0 Å². The highest BCUT2D eigenvalue weighted by Crippen LogP contribution is 2.33. The Balaban J connectivity index is 1.94. The summed E-state index contributed by atoms with van der Waals surface area (Å²) in [6.45, 7) is 1.85. The summed E-state index contributed by atoms with van der Waals surface area (Å²) in [5, 5.41) is 3.51. The lowest BCUT2D eigenvalue weighted by molar-refractivity contribution is 0.602. The Morgan fingerprint density at radius 1 is 1.11 bits per heavy atom. The highest BCUT2D eigenvalue weighted by atomic mass is 19.1. The SMILES string of the molecule is Cc1c(F)cccc1C1CCc2ccccc2N1. The number of rotatable bonds is 1. The van der Waals surface area contributed by atoms with Gasteiger partial charge in [0.15, 0.2) is 0 Å². The van der Waals surface area contributed by atoms with E-state index in [-0.39, 0.29) is 11.9 Å². The second-order valence-electron chi connectivity index (χ2n) is 4.85. The molecule has 3 rings (SSSR count). The van der Waals surface area contributed by atoms with Gasteiger partial charge in [-0.15, -0.1) is 0 Å². The highest BCUT2D eigenvalue weighted by Gasteiger charge is 2.20. The van der Waals surface area contributed by atoms with Crippen molar-refractivity contribution in [2.45, 2.75) is 25.8 Å². The molecule has 0 amide bonds. The molecule has 1 aliphatic heterocycles. The minimum Gasteiger partial charge on any atom is -0.378 e. The van der Waals surface area contributed by atoms with Gasteiger partial charge in [0, 0.05) is 5.69 Å². The van der Waals surface area contributed by atoms with Gasteiger partial charge in [-0.25, -0.2) is 4.39 Å². The van der Waals surface area contributed by atoms with Gasteiger partial charge in [0.2, 0.25) is 0 Å². The third kappa shape index (κ3) is 1.88. The molecule has 1 atom stereocenters. The first-order chi connectivity index (χ1) is 8.75. The summed E-state index contributed by atoms with van der Waals surface area (Å²) in [4.78, 5) is 0. The molecule has 2 aromatic carbocycles. The lowest BCUT2D eigenvalue weighted by atomic mass is 9.91. The van der Waals surface area contributed by atoms with Crippen LogP contribution in [0.4, 0.5) is 10.1 Å². The summed E-state index contributed by atoms with van der Waals surface area (Å²) >= 11 is 0. The molecule has 0 bridgehead atoms. The second kappa shape index (κ2) is 4.45. The van der Waals surface area contributed by atoms with Gasteiger partial charge < -0.3 is 5.32 Å². The van der Waals surface area contributed by atoms with Gasteiger partial charge in [0.05, 0.1) is 6.04 Å². The fourth-order valence-electron chi connectivity index (χ4n) is 2.67. The number of hydrogen-bond donors (Lipinski definition) is 1. The first kappa shape index (κ1) is 11.3. The lowest BCUT2D eigenvalue weighted by Gasteiger charge is -2.28. The smallest absolute Gasteiger partial charge is 0.126 e.